The summed E-state index contributed by atoms with van der Waals surface area (Å²) in [5, 5.41) is 10.2. The van der Waals surface area contributed by atoms with Gasteiger partial charge in [0.05, 0.1) is 22.0 Å². The Morgan fingerprint density at radius 2 is 1.85 bits per heavy atom. The standard InChI is InChI=1S/C15H8NOS.C5H8O2.Ir/c1-3-7-12-10(5-1)9-13(17-12)15-16-11-6-2-4-8-14(11)18-15;1-4(6)3-5(2)7;/h1-8H;3,6H,1-2H3;/q-1;;/b;4-3-;. The van der Waals surface area contributed by atoms with Crippen molar-refractivity contribution in [2.45, 2.75) is 13.8 Å². The maximum atomic E-state index is 10.0. The molecule has 0 aliphatic heterocycles. The van der Waals surface area contributed by atoms with Gasteiger partial charge in [-0.15, -0.1) is 17.5 Å². The second-order valence-electron chi connectivity index (χ2n) is 5.44. The molecule has 1 radical (unpaired) electrons. The Morgan fingerprint density at radius 1 is 1.15 bits per heavy atom. The molecule has 0 bridgehead atoms. The van der Waals surface area contributed by atoms with E-state index in [1.54, 1.807) is 11.3 Å². The summed E-state index contributed by atoms with van der Waals surface area (Å²) in [6.45, 7) is 2.85. The molecule has 4 rings (SSSR count). The summed E-state index contributed by atoms with van der Waals surface area (Å²) < 4.78 is 6.94. The molecule has 2 aromatic heterocycles. The van der Waals surface area contributed by atoms with E-state index >= 15 is 0 Å². The van der Waals surface area contributed by atoms with Crippen LogP contribution in [0.1, 0.15) is 13.8 Å². The second kappa shape index (κ2) is 8.90. The van der Waals surface area contributed by atoms with Crippen LogP contribution in [0.3, 0.4) is 0 Å². The molecule has 1 N–H and O–H groups in total. The number of ketones is 1. The zero-order chi connectivity index (χ0) is 17.8. The number of hydrogen-bond donors (Lipinski definition) is 1. The molecular formula is C20H16IrNO3S-. The summed E-state index contributed by atoms with van der Waals surface area (Å²) in [5.74, 6) is 0.657. The van der Waals surface area contributed by atoms with Crippen molar-refractivity contribution in [2.75, 3.05) is 0 Å². The monoisotopic (exact) mass is 543 g/mol. The number of para-hydroxylation sites is 2. The fraction of sp³-hybridized carbons (Fsp3) is 0.100. The van der Waals surface area contributed by atoms with Gasteiger partial charge in [-0.2, -0.15) is 11.3 Å². The van der Waals surface area contributed by atoms with Crippen molar-refractivity contribution in [1.29, 1.82) is 0 Å². The van der Waals surface area contributed by atoms with E-state index in [4.69, 9.17) is 9.52 Å². The van der Waals surface area contributed by atoms with E-state index in [0.717, 1.165) is 27.3 Å². The molecule has 0 saturated heterocycles. The topological polar surface area (TPSA) is 63.3 Å². The normalized spacial score (nSPS) is 10.9. The first kappa shape index (κ1) is 20.0. The number of rotatable bonds is 2. The van der Waals surface area contributed by atoms with Crippen LogP contribution in [0.5, 0.6) is 0 Å². The van der Waals surface area contributed by atoms with Crippen molar-refractivity contribution in [3.63, 3.8) is 0 Å². The number of fused-ring (bicyclic) bond motifs is 2. The van der Waals surface area contributed by atoms with E-state index in [1.165, 1.54) is 24.6 Å². The van der Waals surface area contributed by atoms with Crippen LogP contribution < -0.4 is 0 Å². The number of nitrogens with zero attached hydrogens (tertiary/aromatic N) is 1. The Hall–Kier alpha value is -2.27. The van der Waals surface area contributed by atoms with E-state index in [9.17, 15) is 4.79 Å². The quantitative estimate of drug-likeness (QED) is 0.205. The van der Waals surface area contributed by atoms with Crippen molar-refractivity contribution in [2.24, 2.45) is 0 Å². The van der Waals surface area contributed by atoms with Crippen molar-refractivity contribution in [3.8, 4) is 10.8 Å². The van der Waals surface area contributed by atoms with Gasteiger partial charge >= 0.3 is 0 Å². The van der Waals surface area contributed by atoms with E-state index < -0.39 is 0 Å². The SMILES string of the molecule is CC(=O)/C=C(/C)O.[Ir].[c-]1c(-c2nc3ccccc3s2)oc2ccccc12. The number of aliphatic hydroxyl groups excluding tert-OH is 1. The minimum Gasteiger partial charge on any atom is -0.517 e. The minimum atomic E-state index is -0.125. The molecule has 0 unspecified atom stereocenters. The smallest absolute Gasteiger partial charge is 0.155 e. The fourth-order valence-electron chi connectivity index (χ4n) is 2.28. The van der Waals surface area contributed by atoms with Gasteiger partial charge in [-0.05, 0) is 26.0 Å². The summed E-state index contributed by atoms with van der Waals surface area (Å²) in [6.07, 6.45) is 1.17. The number of furan rings is 1. The number of thiazole rings is 1. The van der Waals surface area contributed by atoms with Crippen LogP contribution in [0.15, 0.2) is 64.8 Å². The van der Waals surface area contributed by atoms with E-state index in [-0.39, 0.29) is 31.6 Å². The van der Waals surface area contributed by atoms with Gasteiger partial charge in [-0.1, -0.05) is 30.3 Å². The predicted octanol–water partition coefficient (Wildman–Crippen LogP) is 5.54. The molecule has 0 atom stereocenters. The van der Waals surface area contributed by atoms with Crippen molar-refractivity contribution < 1.29 is 34.4 Å². The van der Waals surface area contributed by atoms with Crippen molar-refractivity contribution >= 4 is 38.3 Å². The summed E-state index contributed by atoms with van der Waals surface area (Å²) in [4.78, 5) is 14.6. The third-order valence-corrected chi connectivity index (χ3v) is 4.28. The van der Waals surface area contributed by atoms with Gasteiger partial charge in [0.1, 0.15) is 0 Å². The third-order valence-electron chi connectivity index (χ3n) is 3.25. The Morgan fingerprint density at radius 3 is 2.46 bits per heavy atom. The maximum absolute atomic E-state index is 10.0. The molecule has 0 saturated carbocycles. The molecule has 4 aromatic rings. The summed E-state index contributed by atoms with van der Waals surface area (Å²) in [7, 11) is 0. The molecule has 26 heavy (non-hydrogen) atoms. The first-order chi connectivity index (χ1) is 12.0. The second-order valence-corrected chi connectivity index (χ2v) is 6.47. The third kappa shape index (κ3) is 4.88. The molecule has 4 nitrogen and oxygen atoms in total. The average Bonchev–Trinajstić information content (AvgIpc) is 3.17. The van der Waals surface area contributed by atoms with Gasteiger partial charge < -0.3 is 9.52 Å². The molecule has 0 fully saturated rings. The number of allylic oxidation sites excluding steroid dienone is 2. The molecule has 0 spiro atoms. The van der Waals surface area contributed by atoms with Crippen LogP contribution in [0, 0.1) is 6.07 Å². The Labute approximate surface area is 168 Å². The van der Waals surface area contributed by atoms with Crippen LogP contribution >= 0.6 is 11.3 Å². The molecule has 0 aliphatic rings. The van der Waals surface area contributed by atoms with Crippen molar-refractivity contribution in [3.05, 3.63) is 66.4 Å². The van der Waals surface area contributed by atoms with Gasteiger partial charge in [0, 0.05) is 36.5 Å². The van der Waals surface area contributed by atoms with Gasteiger partial charge in [-0.25, -0.2) is 0 Å². The largest absolute Gasteiger partial charge is 0.517 e. The number of aromatic nitrogens is 1. The van der Waals surface area contributed by atoms with E-state index in [1.807, 2.05) is 42.5 Å². The Bertz CT molecular complexity index is 923. The molecule has 2 heterocycles. The van der Waals surface area contributed by atoms with Gasteiger partial charge in [0.25, 0.3) is 0 Å². The fourth-order valence-corrected chi connectivity index (χ4v) is 3.18. The van der Waals surface area contributed by atoms with E-state index in [2.05, 4.69) is 17.1 Å². The maximum Gasteiger partial charge on any atom is 0.155 e. The summed E-state index contributed by atoms with van der Waals surface area (Å²) >= 11 is 1.63. The number of carbonyl (C=O) groups excluding carboxylic acids is 1. The molecule has 2 aromatic carbocycles. The van der Waals surface area contributed by atoms with Gasteiger partial charge in [0.2, 0.25) is 0 Å². The zero-order valence-corrected chi connectivity index (χ0v) is 17.4. The van der Waals surface area contributed by atoms with Crippen LogP contribution in [0.2, 0.25) is 0 Å². The number of hydrogen-bond acceptors (Lipinski definition) is 5. The minimum absolute atomic E-state index is 0. The number of benzene rings is 2. The number of aliphatic hydroxyl groups is 1. The molecule has 135 valence electrons. The van der Waals surface area contributed by atoms with Crippen molar-refractivity contribution in [1.82, 2.24) is 4.98 Å². The zero-order valence-electron chi connectivity index (χ0n) is 14.1. The molecular weight excluding hydrogens is 527 g/mol. The van der Waals surface area contributed by atoms with E-state index in [0.29, 0.717) is 0 Å². The molecule has 6 heteroatoms. The predicted molar refractivity (Wildman–Crippen MR) is 101 cm³/mol. The molecule has 0 amide bonds. The average molecular weight is 543 g/mol. The number of carbonyl (C=O) groups is 1. The van der Waals surface area contributed by atoms with Crippen LogP contribution in [-0.4, -0.2) is 15.9 Å². The van der Waals surface area contributed by atoms with Gasteiger partial charge in [-0.3, -0.25) is 9.78 Å². The first-order valence-corrected chi connectivity index (χ1v) is 8.49. The summed E-state index contributed by atoms with van der Waals surface area (Å²) in [6, 6.07) is 19.2. The van der Waals surface area contributed by atoms with Crippen LogP contribution in [0.25, 0.3) is 32.0 Å². The first-order valence-electron chi connectivity index (χ1n) is 7.67. The van der Waals surface area contributed by atoms with Gasteiger partial charge in [0.15, 0.2) is 5.78 Å². The Kier molecular flexibility index (Phi) is 6.86. The molecule has 0 aliphatic carbocycles. The Balaban J connectivity index is 0.000000265. The van der Waals surface area contributed by atoms with Crippen LogP contribution in [0.4, 0.5) is 0 Å². The summed E-state index contributed by atoms with van der Waals surface area (Å²) in [5.41, 5.74) is 1.86. The van der Waals surface area contributed by atoms with Crippen LogP contribution in [-0.2, 0) is 24.9 Å².